The summed E-state index contributed by atoms with van der Waals surface area (Å²) >= 11 is 6.22. The molecule has 2 saturated heterocycles. The third kappa shape index (κ3) is 4.79. The average Bonchev–Trinajstić information content (AvgIpc) is 3.11. The molecule has 2 aromatic heterocycles. The SMILES string of the molecule is Cc1[nH]nc(C(=O)N2CCCC(C3CCCN(C(=O)Cc4cc(=O)[nH]c(=O)[nH]4)C3)C2)c1Cl. The Hall–Kier alpha value is -2.88. The van der Waals surface area contributed by atoms with Crippen molar-refractivity contribution < 1.29 is 9.59 Å². The maximum absolute atomic E-state index is 12.9. The van der Waals surface area contributed by atoms with Gasteiger partial charge in [0.1, 0.15) is 0 Å². The van der Waals surface area contributed by atoms with Gasteiger partial charge in [0, 0.05) is 37.9 Å². The van der Waals surface area contributed by atoms with Gasteiger partial charge < -0.3 is 14.8 Å². The number of aryl methyl sites for hydroxylation is 1. The Morgan fingerprint density at radius 2 is 1.75 bits per heavy atom. The lowest BCUT2D eigenvalue weighted by molar-refractivity contribution is -0.133. The van der Waals surface area contributed by atoms with Gasteiger partial charge in [-0.3, -0.25) is 24.5 Å². The van der Waals surface area contributed by atoms with Crippen molar-refractivity contribution in [2.24, 2.45) is 11.8 Å². The van der Waals surface area contributed by atoms with Crippen LogP contribution in [0.3, 0.4) is 0 Å². The lowest BCUT2D eigenvalue weighted by atomic mass is 9.80. The molecular weight excluding hydrogens is 436 g/mol. The highest BCUT2D eigenvalue weighted by molar-refractivity contribution is 6.34. The Kier molecular flexibility index (Phi) is 6.50. The molecule has 0 saturated carbocycles. The van der Waals surface area contributed by atoms with Crippen molar-refractivity contribution in [2.75, 3.05) is 26.2 Å². The minimum absolute atomic E-state index is 0.0157. The summed E-state index contributed by atoms with van der Waals surface area (Å²) in [7, 11) is 0. The predicted molar refractivity (Wildman–Crippen MR) is 118 cm³/mol. The van der Waals surface area contributed by atoms with Crippen molar-refractivity contribution in [3.63, 3.8) is 0 Å². The summed E-state index contributed by atoms with van der Waals surface area (Å²) in [5.41, 5.74) is 0.110. The van der Waals surface area contributed by atoms with Crippen LogP contribution in [0.4, 0.5) is 0 Å². The largest absolute Gasteiger partial charge is 0.342 e. The van der Waals surface area contributed by atoms with Crippen molar-refractivity contribution in [1.29, 1.82) is 0 Å². The molecule has 2 aromatic rings. The van der Waals surface area contributed by atoms with Crippen LogP contribution in [0, 0.1) is 18.8 Å². The number of nitrogens with one attached hydrogen (secondary N) is 3. The van der Waals surface area contributed by atoms with Crippen molar-refractivity contribution in [1.82, 2.24) is 30.0 Å². The minimum atomic E-state index is -0.615. The Balaban J connectivity index is 1.39. The third-order valence-electron chi connectivity index (χ3n) is 6.46. The smallest absolute Gasteiger partial charge is 0.325 e. The van der Waals surface area contributed by atoms with E-state index in [1.807, 2.05) is 9.80 Å². The molecule has 2 atom stereocenters. The summed E-state index contributed by atoms with van der Waals surface area (Å²) in [5, 5.41) is 7.19. The number of hydrogen-bond donors (Lipinski definition) is 3. The van der Waals surface area contributed by atoms with E-state index in [-0.39, 0.29) is 29.8 Å². The van der Waals surface area contributed by atoms with Crippen LogP contribution in [0.2, 0.25) is 5.02 Å². The molecule has 0 aromatic carbocycles. The second-order valence-corrected chi connectivity index (χ2v) is 9.07. The van der Waals surface area contributed by atoms with E-state index in [0.717, 1.165) is 25.7 Å². The number of aromatic amines is 3. The van der Waals surface area contributed by atoms with E-state index in [0.29, 0.717) is 48.5 Å². The number of nitrogens with zero attached hydrogens (tertiary/aromatic N) is 3. The first-order valence-electron chi connectivity index (χ1n) is 10.9. The van der Waals surface area contributed by atoms with Gasteiger partial charge in [-0.1, -0.05) is 11.6 Å². The molecule has 172 valence electrons. The van der Waals surface area contributed by atoms with Crippen LogP contribution in [0.1, 0.15) is 47.6 Å². The molecule has 3 N–H and O–H groups in total. The molecule has 2 amide bonds. The van der Waals surface area contributed by atoms with Gasteiger partial charge in [0.05, 0.1) is 17.1 Å². The fourth-order valence-electron chi connectivity index (χ4n) is 4.80. The van der Waals surface area contributed by atoms with E-state index in [1.165, 1.54) is 6.07 Å². The number of piperidine rings is 2. The predicted octanol–water partition coefficient (Wildman–Crippen LogP) is 1.08. The van der Waals surface area contributed by atoms with Gasteiger partial charge in [0.15, 0.2) is 5.69 Å². The van der Waals surface area contributed by atoms with Gasteiger partial charge in [-0.25, -0.2) is 4.79 Å². The zero-order chi connectivity index (χ0) is 22.8. The molecule has 0 spiro atoms. The maximum atomic E-state index is 12.9. The van der Waals surface area contributed by atoms with E-state index in [4.69, 9.17) is 11.6 Å². The molecule has 32 heavy (non-hydrogen) atoms. The van der Waals surface area contributed by atoms with Gasteiger partial charge in [0.25, 0.3) is 11.5 Å². The first-order chi connectivity index (χ1) is 15.3. The molecule has 2 unspecified atom stereocenters. The summed E-state index contributed by atoms with van der Waals surface area (Å²) in [6.45, 7) is 4.33. The van der Waals surface area contributed by atoms with Crippen LogP contribution < -0.4 is 11.2 Å². The van der Waals surface area contributed by atoms with E-state index in [1.54, 1.807) is 6.92 Å². The Bertz CT molecular complexity index is 1090. The molecule has 2 aliphatic rings. The molecule has 4 rings (SSSR count). The minimum Gasteiger partial charge on any atom is -0.342 e. The normalized spacial score (nSPS) is 21.6. The van der Waals surface area contributed by atoms with Crippen LogP contribution >= 0.6 is 11.6 Å². The van der Waals surface area contributed by atoms with Crippen molar-refractivity contribution in [3.8, 4) is 0 Å². The van der Waals surface area contributed by atoms with Gasteiger partial charge in [-0.2, -0.15) is 5.10 Å². The summed E-state index contributed by atoms with van der Waals surface area (Å²) in [6, 6.07) is 1.24. The number of carbonyl (C=O) groups excluding carboxylic acids is 2. The van der Waals surface area contributed by atoms with Gasteiger partial charge in [-0.05, 0) is 44.4 Å². The number of likely N-dealkylation sites (tertiary alicyclic amines) is 2. The molecule has 2 fully saturated rings. The zero-order valence-corrected chi connectivity index (χ0v) is 18.7. The topological polar surface area (TPSA) is 135 Å². The Labute approximate surface area is 189 Å². The summed E-state index contributed by atoms with van der Waals surface area (Å²) in [4.78, 5) is 56.9. The molecule has 0 radical (unpaired) electrons. The lowest BCUT2D eigenvalue weighted by Crippen LogP contribution is -2.48. The van der Waals surface area contributed by atoms with Crippen LogP contribution in [0.5, 0.6) is 0 Å². The Morgan fingerprint density at radius 1 is 1.09 bits per heavy atom. The highest BCUT2D eigenvalue weighted by Gasteiger charge is 2.34. The highest BCUT2D eigenvalue weighted by Crippen LogP contribution is 2.32. The number of amides is 2. The van der Waals surface area contributed by atoms with Gasteiger partial charge in [-0.15, -0.1) is 0 Å². The van der Waals surface area contributed by atoms with Gasteiger partial charge in [0.2, 0.25) is 5.91 Å². The van der Waals surface area contributed by atoms with Crippen molar-refractivity contribution >= 4 is 23.4 Å². The van der Waals surface area contributed by atoms with Crippen molar-refractivity contribution in [2.45, 2.75) is 39.0 Å². The lowest BCUT2D eigenvalue weighted by Gasteiger charge is -2.41. The maximum Gasteiger partial charge on any atom is 0.325 e. The first-order valence-corrected chi connectivity index (χ1v) is 11.3. The quantitative estimate of drug-likeness (QED) is 0.624. The highest BCUT2D eigenvalue weighted by atomic mass is 35.5. The number of aromatic nitrogens is 4. The molecule has 0 bridgehead atoms. The molecular formula is C21H27ClN6O4. The molecule has 0 aliphatic carbocycles. The van der Waals surface area contributed by atoms with E-state index in [2.05, 4.69) is 20.2 Å². The average molecular weight is 463 g/mol. The van der Waals surface area contributed by atoms with E-state index < -0.39 is 11.2 Å². The second-order valence-electron chi connectivity index (χ2n) is 8.70. The number of carbonyl (C=O) groups is 2. The monoisotopic (exact) mass is 462 g/mol. The summed E-state index contributed by atoms with van der Waals surface area (Å²) < 4.78 is 0. The second kappa shape index (κ2) is 9.32. The van der Waals surface area contributed by atoms with Crippen LogP contribution in [-0.4, -0.2) is 68.0 Å². The van der Waals surface area contributed by atoms with E-state index in [9.17, 15) is 19.2 Å². The number of halogens is 1. The van der Waals surface area contributed by atoms with Crippen LogP contribution in [0.15, 0.2) is 15.7 Å². The number of hydrogen-bond acceptors (Lipinski definition) is 5. The molecule has 2 aliphatic heterocycles. The van der Waals surface area contributed by atoms with Crippen LogP contribution in [0.25, 0.3) is 0 Å². The fourth-order valence-corrected chi connectivity index (χ4v) is 4.96. The number of rotatable bonds is 4. The molecule has 10 nitrogen and oxygen atoms in total. The van der Waals surface area contributed by atoms with Crippen molar-refractivity contribution in [3.05, 3.63) is 49.0 Å². The zero-order valence-electron chi connectivity index (χ0n) is 17.9. The number of H-pyrrole nitrogens is 3. The summed E-state index contributed by atoms with van der Waals surface area (Å²) in [6.07, 6.45) is 3.77. The molecule has 11 heteroatoms. The Morgan fingerprint density at radius 3 is 2.38 bits per heavy atom. The fraction of sp³-hybridized carbons (Fsp3) is 0.571. The standard InChI is InChI=1S/C21H27ClN6O4/c1-12-18(22)19(26-25-12)20(31)28-7-3-5-14(11-28)13-4-2-6-27(10-13)17(30)9-15-8-16(29)24-21(32)23-15/h8,13-14H,2-7,9-11H2,1H3,(H,25,26)(H2,23,24,29,32). The van der Waals surface area contributed by atoms with Gasteiger partial charge >= 0.3 is 5.69 Å². The third-order valence-corrected chi connectivity index (χ3v) is 6.92. The van der Waals surface area contributed by atoms with E-state index >= 15 is 0 Å². The summed E-state index contributed by atoms with van der Waals surface area (Å²) in [5.74, 6) is 0.309. The van der Waals surface area contributed by atoms with Crippen LogP contribution in [-0.2, 0) is 11.2 Å². The first kappa shape index (κ1) is 22.3. The molecule has 4 heterocycles.